The zero-order valence-electron chi connectivity index (χ0n) is 9.85. The van der Waals surface area contributed by atoms with Crippen LogP contribution in [0.3, 0.4) is 0 Å². The summed E-state index contributed by atoms with van der Waals surface area (Å²) >= 11 is 6.75. The van der Waals surface area contributed by atoms with Crippen molar-refractivity contribution in [3.8, 4) is 5.75 Å². The van der Waals surface area contributed by atoms with Gasteiger partial charge in [0.25, 0.3) is 5.91 Å². The number of primary amides is 1. The Morgan fingerprint density at radius 1 is 1.11 bits per heavy atom. The van der Waals surface area contributed by atoms with Crippen molar-refractivity contribution in [1.29, 1.82) is 0 Å². The van der Waals surface area contributed by atoms with Gasteiger partial charge in [0.15, 0.2) is 0 Å². The molecule has 1 amide bonds. The Hall–Kier alpha value is -1.33. The van der Waals surface area contributed by atoms with Crippen LogP contribution < -0.4 is 10.5 Å². The Balaban J connectivity index is 2.29. The van der Waals surface area contributed by atoms with E-state index in [1.165, 1.54) is 0 Å². The zero-order chi connectivity index (χ0) is 13.8. The van der Waals surface area contributed by atoms with E-state index in [2.05, 4.69) is 31.9 Å². The van der Waals surface area contributed by atoms with E-state index in [-0.39, 0.29) is 0 Å². The highest BCUT2D eigenvalue weighted by molar-refractivity contribution is 9.11. The van der Waals surface area contributed by atoms with Crippen LogP contribution in [0.15, 0.2) is 57.5 Å². The van der Waals surface area contributed by atoms with Crippen LogP contribution in [-0.4, -0.2) is 5.91 Å². The molecule has 0 aliphatic carbocycles. The fourth-order valence-corrected chi connectivity index (χ4v) is 2.76. The Labute approximate surface area is 128 Å². The predicted octanol–water partition coefficient (Wildman–Crippen LogP) is 3.82. The van der Waals surface area contributed by atoms with Crippen LogP contribution in [0.1, 0.15) is 11.7 Å². The van der Waals surface area contributed by atoms with E-state index in [1.807, 2.05) is 42.5 Å². The molecule has 2 N–H and O–H groups in total. The van der Waals surface area contributed by atoms with Gasteiger partial charge in [-0.25, -0.2) is 0 Å². The number of carbonyl (C=O) groups excluding carboxylic acids is 1. The lowest BCUT2D eigenvalue weighted by Crippen LogP contribution is -2.26. The van der Waals surface area contributed by atoms with Gasteiger partial charge in [0.2, 0.25) is 6.10 Å². The molecule has 0 fully saturated rings. The number of amides is 1. The molecule has 0 heterocycles. The Morgan fingerprint density at radius 3 is 2.37 bits per heavy atom. The van der Waals surface area contributed by atoms with Gasteiger partial charge in [-0.2, -0.15) is 0 Å². The molecule has 2 aromatic carbocycles. The van der Waals surface area contributed by atoms with E-state index in [0.717, 1.165) is 14.5 Å². The Morgan fingerprint density at radius 2 is 1.79 bits per heavy atom. The molecule has 3 nitrogen and oxygen atoms in total. The number of benzene rings is 2. The van der Waals surface area contributed by atoms with Gasteiger partial charge in [-0.05, 0) is 34.1 Å². The molecule has 0 aromatic heterocycles. The van der Waals surface area contributed by atoms with Crippen molar-refractivity contribution in [1.82, 2.24) is 0 Å². The number of halogens is 2. The van der Waals surface area contributed by atoms with E-state index >= 15 is 0 Å². The average molecular weight is 385 g/mol. The minimum absolute atomic E-state index is 0.527. The minimum atomic E-state index is -0.807. The molecule has 1 unspecified atom stereocenters. The molecule has 0 saturated carbocycles. The second-order valence-electron chi connectivity index (χ2n) is 3.89. The molecule has 5 heteroatoms. The van der Waals surface area contributed by atoms with Gasteiger partial charge in [-0.1, -0.05) is 46.3 Å². The van der Waals surface area contributed by atoms with Crippen LogP contribution in [0.25, 0.3) is 0 Å². The molecule has 19 heavy (non-hydrogen) atoms. The monoisotopic (exact) mass is 383 g/mol. The maximum Gasteiger partial charge on any atom is 0.263 e. The standard InChI is InChI=1S/C14H11Br2NO2/c15-10-6-7-12(11(16)8-10)19-13(14(17)18)9-4-2-1-3-5-9/h1-8,13H,(H2,17,18). The van der Waals surface area contributed by atoms with Gasteiger partial charge in [-0.15, -0.1) is 0 Å². The molecule has 2 aromatic rings. The summed E-state index contributed by atoms with van der Waals surface area (Å²) < 4.78 is 7.38. The fourth-order valence-electron chi connectivity index (χ4n) is 1.62. The second kappa shape index (κ2) is 6.21. The molecule has 0 saturated heterocycles. The first kappa shape index (κ1) is 14.1. The summed E-state index contributed by atoms with van der Waals surface area (Å²) in [6, 6.07) is 14.6. The van der Waals surface area contributed by atoms with Crippen molar-refractivity contribution in [2.75, 3.05) is 0 Å². The SMILES string of the molecule is NC(=O)C(Oc1ccc(Br)cc1Br)c1ccccc1. The number of carbonyl (C=O) groups is 1. The van der Waals surface area contributed by atoms with E-state index in [4.69, 9.17) is 10.5 Å². The minimum Gasteiger partial charge on any atom is -0.475 e. The second-order valence-corrected chi connectivity index (χ2v) is 5.66. The lowest BCUT2D eigenvalue weighted by molar-refractivity contribution is -0.125. The summed E-state index contributed by atoms with van der Waals surface area (Å²) in [5.74, 6) is 0.0388. The molecule has 0 spiro atoms. The normalized spacial score (nSPS) is 11.9. The van der Waals surface area contributed by atoms with Crippen LogP contribution in [0.5, 0.6) is 5.75 Å². The molecule has 98 valence electrons. The first-order chi connectivity index (χ1) is 9.08. The van der Waals surface area contributed by atoms with Gasteiger partial charge in [0.05, 0.1) is 4.47 Å². The summed E-state index contributed by atoms with van der Waals surface area (Å²) in [4.78, 5) is 11.6. The maximum atomic E-state index is 11.6. The van der Waals surface area contributed by atoms with Crippen molar-refractivity contribution >= 4 is 37.8 Å². The maximum absolute atomic E-state index is 11.6. The van der Waals surface area contributed by atoms with Crippen molar-refractivity contribution in [2.45, 2.75) is 6.10 Å². The number of hydrogen-bond acceptors (Lipinski definition) is 2. The highest BCUT2D eigenvalue weighted by Crippen LogP contribution is 2.31. The van der Waals surface area contributed by atoms with E-state index in [1.54, 1.807) is 6.07 Å². The number of hydrogen-bond donors (Lipinski definition) is 1. The third-order valence-corrected chi connectivity index (χ3v) is 3.61. The number of nitrogens with two attached hydrogens (primary N) is 1. The predicted molar refractivity (Wildman–Crippen MR) is 80.8 cm³/mol. The Bertz CT molecular complexity index is 587. The summed E-state index contributed by atoms with van der Waals surface area (Å²) in [6.45, 7) is 0. The molecule has 0 aliphatic heterocycles. The lowest BCUT2D eigenvalue weighted by atomic mass is 10.1. The van der Waals surface area contributed by atoms with Crippen molar-refractivity contribution < 1.29 is 9.53 Å². The first-order valence-electron chi connectivity index (χ1n) is 5.54. The zero-order valence-corrected chi connectivity index (χ0v) is 13.0. The fraction of sp³-hybridized carbons (Fsp3) is 0.0714. The topological polar surface area (TPSA) is 52.3 Å². The number of rotatable bonds is 4. The third kappa shape index (κ3) is 3.58. The quantitative estimate of drug-likeness (QED) is 0.871. The van der Waals surface area contributed by atoms with Crippen molar-refractivity contribution in [2.24, 2.45) is 5.73 Å². The Kier molecular flexibility index (Phi) is 4.61. The van der Waals surface area contributed by atoms with Gasteiger partial charge in [-0.3, -0.25) is 4.79 Å². The molecule has 0 radical (unpaired) electrons. The summed E-state index contributed by atoms with van der Waals surface area (Å²) in [7, 11) is 0. The third-order valence-electron chi connectivity index (χ3n) is 2.50. The van der Waals surface area contributed by atoms with Crippen LogP contribution >= 0.6 is 31.9 Å². The number of ether oxygens (including phenoxy) is 1. The average Bonchev–Trinajstić information content (AvgIpc) is 2.38. The first-order valence-corrected chi connectivity index (χ1v) is 7.12. The highest BCUT2D eigenvalue weighted by Gasteiger charge is 2.20. The van der Waals surface area contributed by atoms with E-state index in [9.17, 15) is 4.79 Å². The van der Waals surface area contributed by atoms with Gasteiger partial charge < -0.3 is 10.5 Å². The summed E-state index contributed by atoms with van der Waals surface area (Å²) in [5, 5.41) is 0. The van der Waals surface area contributed by atoms with Gasteiger partial charge in [0.1, 0.15) is 5.75 Å². The molecule has 1 atom stereocenters. The van der Waals surface area contributed by atoms with Gasteiger partial charge >= 0.3 is 0 Å². The molecule has 2 rings (SSSR count). The van der Waals surface area contributed by atoms with Crippen LogP contribution in [0.2, 0.25) is 0 Å². The summed E-state index contributed by atoms with van der Waals surface area (Å²) in [5.41, 5.74) is 6.13. The van der Waals surface area contributed by atoms with Crippen LogP contribution in [-0.2, 0) is 4.79 Å². The van der Waals surface area contributed by atoms with Crippen LogP contribution in [0.4, 0.5) is 0 Å². The smallest absolute Gasteiger partial charge is 0.263 e. The molecular weight excluding hydrogens is 374 g/mol. The van der Waals surface area contributed by atoms with Gasteiger partial charge in [0, 0.05) is 10.0 Å². The lowest BCUT2D eigenvalue weighted by Gasteiger charge is -2.17. The summed E-state index contributed by atoms with van der Waals surface area (Å²) in [6.07, 6.45) is -0.807. The molecule has 0 aliphatic rings. The largest absolute Gasteiger partial charge is 0.475 e. The highest BCUT2D eigenvalue weighted by atomic mass is 79.9. The molecule has 0 bridgehead atoms. The van der Waals surface area contributed by atoms with Crippen molar-refractivity contribution in [3.05, 3.63) is 63.0 Å². The van der Waals surface area contributed by atoms with Crippen LogP contribution in [0, 0.1) is 0 Å². The molecular formula is C14H11Br2NO2. The van der Waals surface area contributed by atoms with Crippen molar-refractivity contribution in [3.63, 3.8) is 0 Å². The van der Waals surface area contributed by atoms with E-state index < -0.39 is 12.0 Å². The van der Waals surface area contributed by atoms with E-state index in [0.29, 0.717) is 5.75 Å².